The minimum absolute atomic E-state index is 0.366. The van der Waals surface area contributed by atoms with Gasteiger partial charge in [0.25, 0.3) is 0 Å². The monoisotopic (exact) mass is 436 g/mol. The molecule has 2 aromatic carbocycles. The lowest BCUT2D eigenvalue weighted by atomic mass is 10.1. The number of aliphatic imine (C=N–C) groups is 2. The van der Waals surface area contributed by atoms with Gasteiger partial charge in [0.15, 0.2) is 5.54 Å². The van der Waals surface area contributed by atoms with Crippen LogP contribution in [-0.4, -0.2) is 49.1 Å². The van der Waals surface area contributed by atoms with Gasteiger partial charge in [0.2, 0.25) is 0 Å². The minimum atomic E-state index is -0.959. The van der Waals surface area contributed by atoms with E-state index in [1.807, 2.05) is 42.6 Å². The number of esters is 1. The molecule has 0 bridgehead atoms. The zero-order valence-corrected chi connectivity index (χ0v) is 18.1. The summed E-state index contributed by atoms with van der Waals surface area (Å²) in [5.74, 6) is 0.905. The molecule has 0 unspecified atom stereocenters. The van der Waals surface area contributed by atoms with Crippen LogP contribution in [0.25, 0.3) is 0 Å². The number of benzene rings is 2. The SMILES string of the molecule is COC(=O)[C@@](C)(CSCCN=Cc1ccc(Cl)cc1)N=Cc1ccc(Cl)cc1. The average molecular weight is 437 g/mol. The van der Waals surface area contributed by atoms with E-state index in [4.69, 9.17) is 27.9 Å². The lowest BCUT2D eigenvalue weighted by Crippen LogP contribution is -2.37. The zero-order chi connectivity index (χ0) is 20.4. The van der Waals surface area contributed by atoms with Gasteiger partial charge in [-0.25, -0.2) is 4.79 Å². The van der Waals surface area contributed by atoms with Crippen LogP contribution in [-0.2, 0) is 9.53 Å². The molecule has 0 spiro atoms. The van der Waals surface area contributed by atoms with Crippen LogP contribution in [0.2, 0.25) is 10.0 Å². The Morgan fingerprint density at radius 2 is 1.57 bits per heavy atom. The van der Waals surface area contributed by atoms with E-state index in [0.29, 0.717) is 22.3 Å². The molecule has 0 saturated carbocycles. The first kappa shape index (κ1) is 22.5. The smallest absolute Gasteiger partial charge is 0.334 e. The molecular formula is C21H22Cl2N2O2S. The van der Waals surface area contributed by atoms with Crippen molar-refractivity contribution in [3.63, 3.8) is 0 Å². The highest BCUT2D eigenvalue weighted by molar-refractivity contribution is 7.99. The topological polar surface area (TPSA) is 51.0 Å². The Bertz CT molecular complexity index is 823. The van der Waals surface area contributed by atoms with Crippen LogP contribution in [0.15, 0.2) is 58.5 Å². The number of rotatable bonds is 9. The Balaban J connectivity index is 1.88. The predicted octanol–water partition coefficient (Wildman–Crippen LogP) is 5.20. The molecule has 148 valence electrons. The van der Waals surface area contributed by atoms with Gasteiger partial charge in [-0.05, 0) is 42.3 Å². The molecule has 2 aromatic rings. The molecule has 0 N–H and O–H groups in total. The number of thioether (sulfide) groups is 1. The summed E-state index contributed by atoms with van der Waals surface area (Å²) >= 11 is 13.4. The molecule has 0 amide bonds. The maximum absolute atomic E-state index is 12.2. The van der Waals surface area contributed by atoms with Gasteiger partial charge in [0.05, 0.1) is 7.11 Å². The molecule has 0 aliphatic rings. The Morgan fingerprint density at radius 1 is 1.04 bits per heavy atom. The Hall–Kier alpha value is -1.82. The second kappa shape index (κ2) is 11.2. The van der Waals surface area contributed by atoms with Crippen molar-refractivity contribution >= 4 is 53.4 Å². The highest BCUT2D eigenvalue weighted by Crippen LogP contribution is 2.20. The molecule has 1 atom stereocenters. The second-order valence-electron chi connectivity index (χ2n) is 6.21. The van der Waals surface area contributed by atoms with Gasteiger partial charge in [0.1, 0.15) is 0 Å². The van der Waals surface area contributed by atoms with Crippen LogP contribution < -0.4 is 0 Å². The van der Waals surface area contributed by atoms with Crippen molar-refractivity contribution in [2.24, 2.45) is 9.98 Å². The van der Waals surface area contributed by atoms with E-state index in [1.165, 1.54) is 7.11 Å². The van der Waals surface area contributed by atoms with E-state index in [0.717, 1.165) is 16.9 Å². The number of methoxy groups -OCH3 is 1. The molecule has 0 aromatic heterocycles. The summed E-state index contributed by atoms with van der Waals surface area (Å²) < 4.78 is 4.94. The fourth-order valence-electron chi connectivity index (χ4n) is 2.24. The second-order valence-corrected chi connectivity index (χ2v) is 8.19. The van der Waals surface area contributed by atoms with Crippen molar-refractivity contribution in [1.82, 2.24) is 0 Å². The van der Waals surface area contributed by atoms with Gasteiger partial charge in [-0.1, -0.05) is 47.5 Å². The summed E-state index contributed by atoms with van der Waals surface area (Å²) in [5, 5.41) is 1.36. The number of carbonyl (C=O) groups is 1. The van der Waals surface area contributed by atoms with E-state index in [-0.39, 0.29) is 5.97 Å². The number of halogens is 2. The maximum atomic E-state index is 12.2. The van der Waals surface area contributed by atoms with E-state index >= 15 is 0 Å². The number of hydrogen-bond acceptors (Lipinski definition) is 5. The average Bonchev–Trinajstić information content (AvgIpc) is 2.71. The summed E-state index contributed by atoms with van der Waals surface area (Å²) in [5.41, 5.74) is 0.914. The number of nitrogens with zero attached hydrogens (tertiary/aromatic N) is 2. The molecule has 0 fully saturated rings. The lowest BCUT2D eigenvalue weighted by molar-refractivity contribution is -0.145. The molecule has 0 aliphatic heterocycles. The number of carbonyl (C=O) groups excluding carboxylic acids is 1. The quantitative estimate of drug-likeness (QED) is 0.308. The number of ether oxygens (including phenoxy) is 1. The first-order valence-corrected chi connectivity index (χ1v) is 10.6. The van der Waals surface area contributed by atoms with Crippen LogP contribution in [0.3, 0.4) is 0 Å². The van der Waals surface area contributed by atoms with Gasteiger partial charge >= 0.3 is 5.97 Å². The highest BCUT2D eigenvalue weighted by Gasteiger charge is 2.33. The normalized spacial score (nSPS) is 13.7. The third kappa shape index (κ3) is 7.30. The third-order valence-electron chi connectivity index (χ3n) is 3.85. The highest BCUT2D eigenvalue weighted by atomic mass is 35.5. The van der Waals surface area contributed by atoms with Crippen LogP contribution in [0.1, 0.15) is 18.1 Å². The van der Waals surface area contributed by atoms with Gasteiger partial charge < -0.3 is 4.74 Å². The Kier molecular flexibility index (Phi) is 9.03. The van der Waals surface area contributed by atoms with Crippen LogP contribution >= 0.6 is 35.0 Å². The third-order valence-corrected chi connectivity index (χ3v) is 5.59. The van der Waals surface area contributed by atoms with E-state index in [1.54, 1.807) is 37.0 Å². The molecule has 4 nitrogen and oxygen atoms in total. The van der Waals surface area contributed by atoms with Crippen LogP contribution in [0.5, 0.6) is 0 Å². The van der Waals surface area contributed by atoms with Crippen molar-refractivity contribution in [2.45, 2.75) is 12.5 Å². The van der Waals surface area contributed by atoms with E-state index in [2.05, 4.69) is 9.98 Å². The number of hydrogen-bond donors (Lipinski definition) is 0. The summed E-state index contributed by atoms with van der Waals surface area (Å²) in [6.45, 7) is 2.42. The summed E-state index contributed by atoms with van der Waals surface area (Å²) in [7, 11) is 1.37. The van der Waals surface area contributed by atoms with Crippen molar-refractivity contribution in [2.75, 3.05) is 25.2 Å². The first-order chi connectivity index (χ1) is 13.4. The van der Waals surface area contributed by atoms with Crippen molar-refractivity contribution in [3.8, 4) is 0 Å². The lowest BCUT2D eigenvalue weighted by Gasteiger charge is -2.21. The molecule has 28 heavy (non-hydrogen) atoms. The Morgan fingerprint density at radius 3 is 2.11 bits per heavy atom. The van der Waals surface area contributed by atoms with Crippen LogP contribution in [0.4, 0.5) is 0 Å². The molecule has 2 rings (SSSR count). The molecule has 7 heteroatoms. The molecule has 0 radical (unpaired) electrons. The van der Waals surface area contributed by atoms with E-state index in [9.17, 15) is 4.79 Å². The van der Waals surface area contributed by atoms with Crippen molar-refractivity contribution < 1.29 is 9.53 Å². The van der Waals surface area contributed by atoms with Gasteiger partial charge in [-0.3, -0.25) is 9.98 Å². The molecular weight excluding hydrogens is 415 g/mol. The maximum Gasteiger partial charge on any atom is 0.334 e. The minimum Gasteiger partial charge on any atom is -0.467 e. The van der Waals surface area contributed by atoms with Crippen LogP contribution in [0, 0.1) is 0 Å². The van der Waals surface area contributed by atoms with Gasteiger partial charge in [-0.15, -0.1) is 0 Å². The zero-order valence-electron chi connectivity index (χ0n) is 15.8. The molecule has 0 saturated heterocycles. The fraction of sp³-hybridized carbons (Fsp3) is 0.286. The summed E-state index contributed by atoms with van der Waals surface area (Å²) in [6.07, 6.45) is 3.49. The first-order valence-electron chi connectivity index (χ1n) is 8.65. The van der Waals surface area contributed by atoms with E-state index < -0.39 is 5.54 Å². The largest absolute Gasteiger partial charge is 0.467 e. The Labute approximate surface area is 180 Å². The standard InChI is InChI=1S/C21H22Cl2N2O2S/c1-21(20(26)27-2,25-14-17-5-9-19(23)10-6-17)15-28-12-11-24-13-16-3-7-18(22)8-4-16/h3-10,13-14H,11-12,15H2,1-2H3/t21-/m1/s1. The summed E-state index contributed by atoms with van der Waals surface area (Å²) in [6, 6.07) is 14.8. The summed E-state index contributed by atoms with van der Waals surface area (Å²) in [4.78, 5) is 21.1. The molecule has 0 aliphatic carbocycles. The van der Waals surface area contributed by atoms with Gasteiger partial charge in [-0.2, -0.15) is 11.8 Å². The van der Waals surface area contributed by atoms with Crippen molar-refractivity contribution in [3.05, 3.63) is 69.7 Å². The van der Waals surface area contributed by atoms with Crippen molar-refractivity contribution in [1.29, 1.82) is 0 Å². The molecule has 0 heterocycles. The van der Waals surface area contributed by atoms with Gasteiger partial charge in [0, 0.05) is 40.5 Å². The fourth-order valence-corrected chi connectivity index (χ4v) is 3.46. The predicted molar refractivity (Wildman–Crippen MR) is 121 cm³/mol.